The van der Waals surface area contributed by atoms with E-state index in [1.165, 1.54) is 4.88 Å². The molecule has 3 nitrogen and oxygen atoms in total. The summed E-state index contributed by atoms with van der Waals surface area (Å²) >= 11 is 7.85. The molecule has 1 N–H and O–H groups in total. The van der Waals surface area contributed by atoms with E-state index in [2.05, 4.69) is 17.3 Å². The van der Waals surface area contributed by atoms with E-state index in [0.29, 0.717) is 0 Å². The molecule has 2 atom stereocenters. The van der Waals surface area contributed by atoms with E-state index < -0.39 is 0 Å². The molecule has 0 aliphatic carbocycles. The first-order chi connectivity index (χ1) is 7.72. The van der Waals surface area contributed by atoms with Crippen molar-refractivity contribution in [1.82, 2.24) is 10.2 Å². The van der Waals surface area contributed by atoms with E-state index in [-0.39, 0.29) is 12.1 Å². The van der Waals surface area contributed by atoms with Crippen molar-refractivity contribution in [1.29, 1.82) is 0 Å². The van der Waals surface area contributed by atoms with E-state index in [4.69, 9.17) is 16.3 Å². The predicted molar refractivity (Wildman–Crippen MR) is 68.4 cm³/mol. The summed E-state index contributed by atoms with van der Waals surface area (Å²) in [4.78, 5) is 3.46. The molecule has 1 saturated heterocycles. The maximum absolute atomic E-state index is 6.17. The molecule has 2 heterocycles. The summed E-state index contributed by atoms with van der Waals surface area (Å²) in [7, 11) is 4.08. The molecule has 0 bridgehead atoms. The van der Waals surface area contributed by atoms with Gasteiger partial charge in [-0.15, -0.1) is 11.3 Å². The third-order valence-corrected chi connectivity index (χ3v) is 4.35. The molecule has 16 heavy (non-hydrogen) atoms. The van der Waals surface area contributed by atoms with Crippen LogP contribution in [0, 0.1) is 0 Å². The quantitative estimate of drug-likeness (QED) is 0.900. The van der Waals surface area contributed by atoms with E-state index in [9.17, 15) is 0 Å². The van der Waals surface area contributed by atoms with Gasteiger partial charge in [0.25, 0.3) is 0 Å². The molecule has 1 aliphatic heterocycles. The topological polar surface area (TPSA) is 24.5 Å². The van der Waals surface area contributed by atoms with Gasteiger partial charge in [-0.05, 0) is 25.5 Å². The third kappa shape index (κ3) is 2.57. The normalized spacial score (nSPS) is 24.6. The van der Waals surface area contributed by atoms with Crippen LogP contribution in [0.3, 0.4) is 0 Å². The Hall–Kier alpha value is -0.130. The highest BCUT2D eigenvalue weighted by Gasteiger charge is 2.28. The fourth-order valence-corrected chi connectivity index (χ4v) is 3.36. The molecule has 1 fully saturated rings. The number of nitrogens with one attached hydrogen (secondary N) is 1. The second-order valence-electron chi connectivity index (χ2n) is 4.07. The van der Waals surface area contributed by atoms with Crippen LogP contribution in [-0.2, 0) is 4.74 Å². The van der Waals surface area contributed by atoms with Crippen LogP contribution in [-0.4, -0.2) is 44.8 Å². The minimum absolute atomic E-state index is 0.180. The molecule has 0 spiro atoms. The summed E-state index contributed by atoms with van der Waals surface area (Å²) < 4.78 is 5.82. The molecular formula is C11H17ClN2OS. The predicted octanol–water partition coefficient (Wildman–Crippen LogP) is 1.99. The standard InChI is InChI=1S/C11H17ClN2OS/c1-13-10(11-8(12)3-6-16-11)9-7-14(2)4-5-15-9/h3,6,9-10,13H,4-5,7H2,1-2H3. The molecule has 5 heteroatoms. The first-order valence-electron chi connectivity index (χ1n) is 5.42. The molecule has 1 aromatic heterocycles. The molecule has 90 valence electrons. The van der Waals surface area contributed by atoms with Crippen molar-refractivity contribution < 1.29 is 4.74 Å². The highest BCUT2D eigenvalue weighted by atomic mass is 35.5. The molecular weight excluding hydrogens is 244 g/mol. The van der Waals surface area contributed by atoms with Crippen LogP contribution in [0.2, 0.25) is 5.02 Å². The van der Waals surface area contributed by atoms with Crippen LogP contribution < -0.4 is 5.32 Å². The Morgan fingerprint density at radius 1 is 1.69 bits per heavy atom. The number of likely N-dealkylation sites (N-methyl/N-ethyl adjacent to an activating group) is 2. The van der Waals surface area contributed by atoms with Gasteiger partial charge in [0.15, 0.2) is 0 Å². The molecule has 0 radical (unpaired) electrons. The zero-order valence-electron chi connectivity index (χ0n) is 9.57. The fraction of sp³-hybridized carbons (Fsp3) is 0.636. The number of rotatable bonds is 3. The summed E-state index contributed by atoms with van der Waals surface area (Å²) in [5.41, 5.74) is 0. The number of thiophene rings is 1. The fourth-order valence-electron chi connectivity index (χ4n) is 2.03. The zero-order valence-corrected chi connectivity index (χ0v) is 11.1. The molecule has 0 amide bonds. The van der Waals surface area contributed by atoms with Gasteiger partial charge in [0.1, 0.15) is 0 Å². The Morgan fingerprint density at radius 3 is 3.06 bits per heavy atom. The van der Waals surface area contributed by atoms with Gasteiger partial charge in [-0.3, -0.25) is 0 Å². The van der Waals surface area contributed by atoms with Gasteiger partial charge in [0.05, 0.1) is 23.8 Å². The summed E-state index contributed by atoms with van der Waals surface area (Å²) in [5.74, 6) is 0. The van der Waals surface area contributed by atoms with Crippen LogP contribution in [0.1, 0.15) is 10.9 Å². The smallest absolute Gasteiger partial charge is 0.0905 e. The van der Waals surface area contributed by atoms with Crippen molar-refractivity contribution in [3.05, 3.63) is 21.3 Å². The van der Waals surface area contributed by atoms with Gasteiger partial charge in [0, 0.05) is 18.0 Å². The van der Waals surface area contributed by atoms with E-state index in [1.54, 1.807) is 11.3 Å². The van der Waals surface area contributed by atoms with Crippen molar-refractivity contribution in [2.75, 3.05) is 33.8 Å². The number of ether oxygens (including phenoxy) is 1. The molecule has 2 unspecified atom stereocenters. The van der Waals surface area contributed by atoms with Gasteiger partial charge < -0.3 is 15.0 Å². The molecule has 0 aromatic carbocycles. The number of hydrogen-bond donors (Lipinski definition) is 1. The van der Waals surface area contributed by atoms with Crippen LogP contribution in [0.25, 0.3) is 0 Å². The van der Waals surface area contributed by atoms with Crippen LogP contribution in [0.5, 0.6) is 0 Å². The summed E-state index contributed by atoms with van der Waals surface area (Å²) in [6.45, 7) is 2.74. The Kier molecular flexibility index (Phi) is 4.21. The van der Waals surface area contributed by atoms with Crippen molar-refractivity contribution >= 4 is 22.9 Å². The second kappa shape index (κ2) is 5.47. The lowest BCUT2D eigenvalue weighted by Crippen LogP contribution is -2.45. The lowest BCUT2D eigenvalue weighted by atomic mass is 10.1. The Bertz CT molecular complexity index is 344. The number of nitrogens with zero attached hydrogens (tertiary/aromatic N) is 1. The van der Waals surface area contributed by atoms with Crippen LogP contribution >= 0.6 is 22.9 Å². The third-order valence-electron chi connectivity index (χ3n) is 2.91. The lowest BCUT2D eigenvalue weighted by molar-refractivity contribution is -0.0374. The molecule has 1 aliphatic rings. The summed E-state index contributed by atoms with van der Waals surface area (Å²) in [5, 5.41) is 6.17. The van der Waals surface area contributed by atoms with Crippen LogP contribution in [0.4, 0.5) is 0 Å². The molecule has 2 rings (SSSR count). The van der Waals surface area contributed by atoms with E-state index >= 15 is 0 Å². The maximum Gasteiger partial charge on any atom is 0.0905 e. The highest BCUT2D eigenvalue weighted by molar-refractivity contribution is 7.10. The number of morpholine rings is 1. The van der Waals surface area contributed by atoms with Gasteiger partial charge in [0.2, 0.25) is 0 Å². The lowest BCUT2D eigenvalue weighted by Gasteiger charge is -2.34. The number of halogens is 1. The van der Waals surface area contributed by atoms with Gasteiger partial charge in [-0.2, -0.15) is 0 Å². The second-order valence-corrected chi connectivity index (χ2v) is 5.43. The SMILES string of the molecule is CNC(c1sccc1Cl)C1CN(C)CCO1. The van der Waals surface area contributed by atoms with Crippen molar-refractivity contribution in [3.63, 3.8) is 0 Å². The van der Waals surface area contributed by atoms with Crippen molar-refractivity contribution in [3.8, 4) is 0 Å². The monoisotopic (exact) mass is 260 g/mol. The minimum Gasteiger partial charge on any atom is -0.374 e. The Labute approximate surface area is 105 Å². The Morgan fingerprint density at radius 2 is 2.50 bits per heavy atom. The van der Waals surface area contributed by atoms with Gasteiger partial charge in [-0.25, -0.2) is 0 Å². The first kappa shape index (κ1) is 12.3. The largest absolute Gasteiger partial charge is 0.374 e. The van der Waals surface area contributed by atoms with Crippen molar-refractivity contribution in [2.24, 2.45) is 0 Å². The van der Waals surface area contributed by atoms with Gasteiger partial charge in [-0.1, -0.05) is 11.6 Å². The van der Waals surface area contributed by atoms with Gasteiger partial charge >= 0.3 is 0 Å². The Balaban J connectivity index is 2.13. The van der Waals surface area contributed by atoms with E-state index in [0.717, 1.165) is 24.7 Å². The van der Waals surface area contributed by atoms with Crippen LogP contribution in [0.15, 0.2) is 11.4 Å². The maximum atomic E-state index is 6.17. The first-order valence-corrected chi connectivity index (χ1v) is 6.68. The summed E-state index contributed by atoms with van der Waals surface area (Å²) in [6.07, 6.45) is 0.180. The van der Waals surface area contributed by atoms with E-state index in [1.807, 2.05) is 18.5 Å². The average Bonchev–Trinajstić information content (AvgIpc) is 2.67. The summed E-state index contributed by atoms with van der Waals surface area (Å²) in [6, 6.07) is 2.13. The molecule has 0 saturated carbocycles. The molecule has 1 aromatic rings. The number of hydrogen-bond acceptors (Lipinski definition) is 4. The minimum atomic E-state index is 0.180. The zero-order chi connectivity index (χ0) is 11.5. The highest BCUT2D eigenvalue weighted by Crippen LogP contribution is 2.32. The van der Waals surface area contributed by atoms with Crippen molar-refractivity contribution in [2.45, 2.75) is 12.1 Å². The average molecular weight is 261 g/mol.